The number of nitrogens with zero attached hydrogens (tertiary/aromatic N) is 3. The van der Waals surface area contributed by atoms with Crippen LogP contribution in [0.15, 0.2) is 29.4 Å². The molecule has 0 radical (unpaired) electrons. The van der Waals surface area contributed by atoms with Crippen molar-refractivity contribution in [2.45, 2.75) is 26.7 Å². The second-order valence-corrected chi connectivity index (χ2v) is 4.36. The summed E-state index contributed by atoms with van der Waals surface area (Å²) < 4.78 is 5.67. The highest BCUT2D eigenvalue weighted by Crippen LogP contribution is 2.28. The molecule has 0 atom stereocenters. The molecule has 1 aromatic carbocycles. The van der Waals surface area contributed by atoms with Crippen LogP contribution in [0, 0.1) is 12.5 Å². The topological polar surface area (TPSA) is 72.4 Å². The molecule has 0 aliphatic heterocycles. The van der Waals surface area contributed by atoms with Crippen molar-refractivity contribution in [1.82, 2.24) is 9.90 Å². The molecule has 98 valence electrons. The van der Waals surface area contributed by atoms with E-state index in [9.17, 15) is 0 Å². The van der Waals surface area contributed by atoms with Crippen molar-refractivity contribution >= 4 is 16.6 Å². The molecule has 2 rings (SSSR count). The molecule has 0 unspecified atom stereocenters. The van der Waals surface area contributed by atoms with Crippen molar-refractivity contribution in [2.24, 2.45) is 5.11 Å². The third kappa shape index (κ3) is 3.14. The van der Waals surface area contributed by atoms with Crippen molar-refractivity contribution in [2.75, 3.05) is 6.61 Å². The molecule has 0 spiro atoms. The van der Waals surface area contributed by atoms with Gasteiger partial charge in [0.2, 0.25) is 4.91 Å². The van der Waals surface area contributed by atoms with Gasteiger partial charge in [-0.1, -0.05) is 13.3 Å². The maximum atomic E-state index is 6.88. The van der Waals surface area contributed by atoms with Crippen LogP contribution in [0.2, 0.25) is 0 Å². The van der Waals surface area contributed by atoms with E-state index in [0.29, 0.717) is 12.3 Å². The van der Waals surface area contributed by atoms with Gasteiger partial charge in [-0.25, -0.2) is 0 Å². The van der Waals surface area contributed by atoms with Gasteiger partial charge in [-0.3, -0.25) is 4.98 Å². The fourth-order valence-electron chi connectivity index (χ4n) is 1.88. The smallest absolute Gasteiger partial charge is 0.220 e. The van der Waals surface area contributed by atoms with Crippen molar-refractivity contribution in [3.8, 4) is 5.75 Å². The predicted molar refractivity (Wildman–Crippen MR) is 73.8 cm³/mol. The normalized spacial score (nSPS) is 10.2. The second-order valence-electron chi connectivity index (χ2n) is 4.36. The molecule has 1 aromatic heterocycles. The molecule has 1 N–H and O–H groups in total. The van der Waals surface area contributed by atoms with E-state index in [4.69, 9.17) is 10.3 Å². The summed E-state index contributed by atoms with van der Waals surface area (Å²) in [6.45, 7) is 4.73. The van der Waals surface area contributed by atoms with Gasteiger partial charge in [0.25, 0.3) is 0 Å². The van der Waals surface area contributed by atoms with Gasteiger partial charge in [0.1, 0.15) is 11.3 Å². The highest BCUT2D eigenvalue weighted by molar-refractivity contribution is 5.90. The largest absolute Gasteiger partial charge is 0.494 e. The van der Waals surface area contributed by atoms with Crippen LogP contribution in [0.5, 0.6) is 5.75 Å². The molecular formula is C14H17N4O+. The van der Waals surface area contributed by atoms with Crippen LogP contribution in [-0.2, 0) is 0 Å². The Labute approximate surface area is 111 Å². The number of aryl methyl sites for hydroxylation is 1. The minimum Gasteiger partial charge on any atom is -0.494 e. The Morgan fingerprint density at radius 1 is 1.37 bits per heavy atom. The summed E-state index contributed by atoms with van der Waals surface area (Å²) in [5.41, 5.74) is 9.23. The Morgan fingerprint density at radius 2 is 2.21 bits per heavy atom. The second kappa shape index (κ2) is 6.07. The number of fused-ring (bicyclic) bond motifs is 1. The van der Waals surface area contributed by atoms with Crippen LogP contribution < -0.4 is 9.65 Å². The summed E-state index contributed by atoms with van der Waals surface area (Å²) >= 11 is 0. The zero-order valence-corrected chi connectivity index (χ0v) is 11.2. The maximum Gasteiger partial charge on any atom is 0.220 e. The summed E-state index contributed by atoms with van der Waals surface area (Å²) in [5, 5.41) is 4.69. The van der Waals surface area contributed by atoms with Crippen molar-refractivity contribution in [3.05, 3.63) is 30.0 Å². The number of hydrogen-bond acceptors (Lipinski definition) is 4. The molecule has 0 amide bonds. The van der Waals surface area contributed by atoms with Crippen LogP contribution in [-0.4, -0.2) is 11.6 Å². The Balaban J connectivity index is 2.42. The lowest BCUT2D eigenvalue weighted by molar-refractivity contribution is 0.310. The van der Waals surface area contributed by atoms with Gasteiger partial charge in [0.15, 0.2) is 10.8 Å². The first-order valence-electron chi connectivity index (χ1n) is 6.36. The Kier molecular flexibility index (Phi) is 4.21. The minimum atomic E-state index is 0.651. The first-order chi connectivity index (χ1) is 9.24. The van der Waals surface area contributed by atoms with E-state index in [2.05, 4.69) is 21.9 Å². The summed E-state index contributed by atoms with van der Waals surface area (Å²) in [5.74, 6) is 0.799. The maximum absolute atomic E-state index is 6.88. The lowest BCUT2D eigenvalue weighted by Gasteiger charge is -2.07. The molecule has 0 aliphatic rings. The number of ether oxygens (including phenoxy) is 1. The quantitative estimate of drug-likeness (QED) is 0.501. The van der Waals surface area contributed by atoms with E-state index in [0.717, 1.165) is 35.2 Å². The molecule has 0 saturated heterocycles. The van der Waals surface area contributed by atoms with E-state index in [1.54, 1.807) is 0 Å². The van der Waals surface area contributed by atoms with Crippen LogP contribution in [0.3, 0.4) is 0 Å². The number of aromatic nitrogens is 1. The Morgan fingerprint density at radius 3 is 2.95 bits per heavy atom. The van der Waals surface area contributed by atoms with Gasteiger partial charge in [-0.15, -0.1) is 0 Å². The molecule has 5 heteroatoms. The average molecular weight is 257 g/mol. The molecule has 1 heterocycles. The molecule has 0 aliphatic carbocycles. The predicted octanol–water partition coefficient (Wildman–Crippen LogP) is 3.90. The van der Waals surface area contributed by atoms with Gasteiger partial charge in [0.05, 0.1) is 12.1 Å². The summed E-state index contributed by atoms with van der Waals surface area (Å²) in [6.07, 6.45) is 2.14. The molecule has 19 heavy (non-hydrogen) atoms. The fourth-order valence-corrected chi connectivity index (χ4v) is 1.88. The van der Waals surface area contributed by atoms with Crippen molar-refractivity contribution in [3.63, 3.8) is 0 Å². The number of benzene rings is 1. The summed E-state index contributed by atoms with van der Waals surface area (Å²) in [6, 6.07) is 7.54. The lowest BCUT2D eigenvalue weighted by Crippen LogP contribution is -1.96. The Hall–Kier alpha value is -2.26. The summed E-state index contributed by atoms with van der Waals surface area (Å²) in [4.78, 5) is 7.55. The number of nitrogens with one attached hydrogen (secondary N) is 1. The Bertz CT molecular complexity index is 633. The molecule has 2 aromatic rings. The van der Waals surface area contributed by atoms with E-state index >= 15 is 0 Å². The number of hydrogen-bond donors (Lipinski definition) is 1. The van der Waals surface area contributed by atoms with Gasteiger partial charge in [-0.05, 0) is 37.6 Å². The molecule has 0 fully saturated rings. The van der Waals surface area contributed by atoms with E-state index < -0.39 is 0 Å². The zero-order chi connectivity index (χ0) is 13.7. The van der Waals surface area contributed by atoms with Crippen LogP contribution in [0.4, 0.5) is 5.69 Å². The monoisotopic (exact) mass is 257 g/mol. The third-order valence-electron chi connectivity index (χ3n) is 2.81. The molecule has 0 bridgehead atoms. The standard InChI is InChI=1S/C14H17N4O/c1-3-4-7-19-11-5-6-13-12(9-11)14(17-18-15)8-10(2)16-13/h5-6,8-9,15H,3-4,7H2,1-2H3/q+1. The van der Waals surface area contributed by atoms with Crippen molar-refractivity contribution in [1.29, 1.82) is 5.53 Å². The highest BCUT2D eigenvalue weighted by Gasteiger charge is 2.08. The lowest BCUT2D eigenvalue weighted by atomic mass is 10.1. The van der Waals surface area contributed by atoms with E-state index in [1.807, 2.05) is 31.2 Å². The van der Waals surface area contributed by atoms with Crippen LogP contribution in [0.1, 0.15) is 25.5 Å². The van der Waals surface area contributed by atoms with Gasteiger partial charge in [-0.2, -0.15) is 0 Å². The van der Waals surface area contributed by atoms with E-state index in [1.165, 1.54) is 0 Å². The third-order valence-corrected chi connectivity index (χ3v) is 2.81. The highest BCUT2D eigenvalue weighted by atomic mass is 16.5. The minimum absolute atomic E-state index is 0.651. The zero-order valence-electron chi connectivity index (χ0n) is 11.2. The molecule has 5 nitrogen and oxygen atoms in total. The first kappa shape index (κ1) is 13.2. The van der Waals surface area contributed by atoms with Crippen LogP contribution in [0.25, 0.3) is 10.9 Å². The number of unbranched alkanes of at least 4 members (excludes halogenated alkanes) is 1. The first-order valence-corrected chi connectivity index (χ1v) is 6.36. The fraction of sp³-hybridized carbons (Fsp3) is 0.357. The molecule has 0 saturated carbocycles. The number of pyridine rings is 1. The van der Waals surface area contributed by atoms with Gasteiger partial charge < -0.3 is 4.74 Å². The van der Waals surface area contributed by atoms with E-state index in [-0.39, 0.29) is 0 Å². The average Bonchev–Trinajstić information content (AvgIpc) is 2.40. The van der Waals surface area contributed by atoms with Crippen LogP contribution >= 0.6 is 0 Å². The number of rotatable bonds is 5. The van der Waals surface area contributed by atoms with Gasteiger partial charge >= 0.3 is 0 Å². The van der Waals surface area contributed by atoms with Crippen molar-refractivity contribution < 1.29 is 4.74 Å². The van der Waals surface area contributed by atoms with Gasteiger partial charge in [0, 0.05) is 11.1 Å². The molecular weight excluding hydrogens is 240 g/mol. The SMILES string of the molecule is CCCCOc1ccc2nc(C)cc(N=[N+]=N)c2c1. The summed E-state index contributed by atoms with van der Waals surface area (Å²) in [7, 11) is 0.